The minimum atomic E-state index is 0.433. The smallest absolute Gasteiger partial charge is 0.260 e. The number of hydrogen-bond donors (Lipinski definition) is 1. The quantitative estimate of drug-likeness (QED) is 0.880. The zero-order chi connectivity index (χ0) is 12.4. The highest BCUT2D eigenvalue weighted by molar-refractivity contribution is 5.52. The van der Waals surface area contributed by atoms with E-state index in [4.69, 9.17) is 15.2 Å². The highest BCUT2D eigenvalue weighted by Crippen LogP contribution is 2.20. The van der Waals surface area contributed by atoms with E-state index in [-0.39, 0.29) is 0 Å². The van der Waals surface area contributed by atoms with E-state index in [1.807, 2.05) is 10.6 Å². The zero-order valence-corrected chi connectivity index (χ0v) is 10.1. The Balaban J connectivity index is 1.75. The van der Waals surface area contributed by atoms with Gasteiger partial charge >= 0.3 is 0 Å². The molecule has 0 saturated carbocycles. The second-order valence-corrected chi connectivity index (χ2v) is 4.50. The van der Waals surface area contributed by atoms with Crippen LogP contribution in [-0.4, -0.2) is 34.2 Å². The Hall–Kier alpha value is -1.82. The average Bonchev–Trinajstić information content (AvgIpc) is 2.85. The van der Waals surface area contributed by atoms with E-state index in [0.717, 1.165) is 26.1 Å². The molecular formula is C12H16N4O2. The summed E-state index contributed by atoms with van der Waals surface area (Å²) in [6.07, 6.45) is 7.33. The molecule has 3 heterocycles. The van der Waals surface area contributed by atoms with Crippen molar-refractivity contribution in [3.05, 3.63) is 18.6 Å². The van der Waals surface area contributed by atoms with E-state index < -0.39 is 0 Å². The van der Waals surface area contributed by atoms with Crippen molar-refractivity contribution in [3.63, 3.8) is 0 Å². The Morgan fingerprint density at radius 1 is 1.44 bits per heavy atom. The Morgan fingerprint density at radius 3 is 3.11 bits per heavy atom. The summed E-state index contributed by atoms with van der Waals surface area (Å²) in [6, 6.07) is 0. The van der Waals surface area contributed by atoms with Crippen LogP contribution >= 0.6 is 0 Å². The van der Waals surface area contributed by atoms with Crippen LogP contribution in [0.1, 0.15) is 12.8 Å². The monoisotopic (exact) mass is 248 g/mol. The molecule has 0 aromatic carbocycles. The molecule has 0 radical (unpaired) electrons. The predicted octanol–water partition coefficient (Wildman–Crippen LogP) is 1.12. The summed E-state index contributed by atoms with van der Waals surface area (Å²) in [5.74, 6) is 1.46. The van der Waals surface area contributed by atoms with E-state index in [9.17, 15) is 0 Å². The first kappa shape index (κ1) is 11.3. The van der Waals surface area contributed by atoms with Gasteiger partial charge < -0.3 is 15.2 Å². The van der Waals surface area contributed by atoms with Crippen LogP contribution in [0.2, 0.25) is 0 Å². The second-order valence-electron chi connectivity index (χ2n) is 4.50. The van der Waals surface area contributed by atoms with Crippen LogP contribution in [0.5, 0.6) is 5.88 Å². The number of nitrogens with zero attached hydrogens (tertiary/aromatic N) is 3. The number of hydrogen-bond acceptors (Lipinski definition) is 5. The Labute approximate surface area is 105 Å². The zero-order valence-electron chi connectivity index (χ0n) is 10.1. The van der Waals surface area contributed by atoms with Gasteiger partial charge in [0.05, 0.1) is 12.8 Å². The molecule has 1 aliphatic rings. The van der Waals surface area contributed by atoms with Crippen molar-refractivity contribution in [2.75, 3.05) is 25.6 Å². The summed E-state index contributed by atoms with van der Waals surface area (Å²) in [4.78, 5) is 8.42. The van der Waals surface area contributed by atoms with Gasteiger partial charge in [-0.05, 0) is 18.8 Å². The lowest BCUT2D eigenvalue weighted by atomic mass is 10.0. The van der Waals surface area contributed by atoms with Gasteiger partial charge in [-0.2, -0.15) is 4.98 Å². The molecule has 3 rings (SSSR count). The summed E-state index contributed by atoms with van der Waals surface area (Å²) in [7, 11) is 0. The van der Waals surface area contributed by atoms with E-state index in [0.29, 0.717) is 29.9 Å². The van der Waals surface area contributed by atoms with Gasteiger partial charge in [0.15, 0.2) is 0 Å². The van der Waals surface area contributed by atoms with Crippen LogP contribution < -0.4 is 10.5 Å². The van der Waals surface area contributed by atoms with Crippen molar-refractivity contribution in [3.8, 4) is 5.88 Å². The molecule has 0 unspecified atom stereocenters. The summed E-state index contributed by atoms with van der Waals surface area (Å²) in [5, 5.41) is 0. The van der Waals surface area contributed by atoms with E-state index in [1.165, 1.54) is 0 Å². The standard InChI is InChI=1S/C12H16N4O2/c13-10-7-16-4-3-14-11(16)12(15-10)18-8-9-1-5-17-6-2-9/h3-4,7,9H,1-2,5-6,8,13H2. The van der Waals surface area contributed by atoms with E-state index >= 15 is 0 Å². The fraction of sp³-hybridized carbons (Fsp3) is 0.500. The van der Waals surface area contributed by atoms with Gasteiger partial charge in [-0.3, -0.25) is 4.40 Å². The molecule has 1 saturated heterocycles. The molecule has 1 aliphatic heterocycles. The van der Waals surface area contributed by atoms with Gasteiger partial charge in [0, 0.05) is 25.6 Å². The van der Waals surface area contributed by atoms with Gasteiger partial charge in [0.25, 0.3) is 5.88 Å². The number of imidazole rings is 1. The van der Waals surface area contributed by atoms with Crippen LogP contribution in [0.3, 0.4) is 0 Å². The fourth-order valence-corrected chi connectivity index (χ4v) is 2.13. The van der Waals surface area contributed by atoms with E-state index in [2.05, 4.69) is 9.97 Å². The normalized spacial score (nSPS) is 17.1. The molecular weight excluding hydrogens is 232 g/mol. The molecule has 0 amide bonds. The maximum Gasteiger partial charge on any atom is 0.260 e. The molecule has 2 aromatic rings. The molecule has 0 atom stereocenters. The summed E-state index contributed by atoms with van der Waals surface area (Å²) in [6.45, 7) is 2.27. The van der Waals surface area contributed by atoms with Crippen molar-refractivity contribution >= 4 is 11.5 Å². The number of aromatic nitrogens is 3. The number of anilines is 1. The molecule has 6 nitrogen and oxygen atoms in total. The fourth-order valence-electron chi connectivity index (χ4n) is 2.13. The Morgan fingerprint density at radius 2 is 2.28 bits per heavy atom. The third kappa shape index (κ3) is 2.24. The second kappa shape index (κ2) is 4.81. The van der Waals surface area contributed by atoms with Crippen molar-refractivity contribution in [1.29, 1.82) is 0 Å². The number of nitrogens with two attached hydrogens (primary N) is 1. The molecule has 1 fully saturated rings. The van der Waals surface area contributed by atoms with Crippen LogP contribution in [-0.2, 0) is 4.74 Å². The first-order valence-electron chi connectivity index (χ1n) is 6.12. The molecule has 0 spiro atoms. The number of fused-ring (bicyclic) bond motifs is 1. The lowest BCUT2D eigenvalue weighted by molar-refractivity contribution is 0.0492. The van der Waals surface area contributed by atoms with Crippen LogP contribution in [0.15, 0.2) is 18.6 Å². The molecule has 6 heteroatoms. The number of rotatable bonds is 3. The molecule has 2 N–H and O–H groups in total. The Bertz CT molecular complexity index is 534. The highest BCUT2D eigenvalue weighted by Gasteiger charge is 2.16. The summed E-state index contributed by atoms with van der Waals surface area (Å²) < 4.78 is 12.9. The SMILES string of the molecule is Nc1cn2ccnc2c(OCC2CCOCC2)n1. The highest BCUT2D eigenvalue weighted by atomic mass is 16.5. The predicted molar refractivity (Wildman–Crippen MR) is 66.4 cm³/mol. The molecule has 0 bridgehead atoms. The van der Waals surface area contributed by atoms with Crippen LogP contribution in [0.25, 0.3) is 5.65 Å². The van der Waals surface area contributed by atoms with Crippen LogP contribution in [0.4, 0.5) is 5.82 Å². The first-order valence-corrected chi connectivity index (χ1v) is 6.12. The Kier molecular flexibility index (Phi) is 3.02. The lowest BCUT2D eigenvalue weighted by Crippen LogP contribution is -2.22. The molecule has 2 aromatic heterocycles. The van der Waals surface area contributed by atoms with Crippen molar-refractivity contribution in [2.24, 2.45) is 5.92 Å². The summed E-state index contributed by atoms with van der Waals surface area (Å²) >= 11 is 0. The van der Waals surface area contributed by atoms with Gasteiger partial charge in [0.1, 0.15) is 5.82 Å². The van der Waals surface area contributed by atoms with Gasteiger partial charge in [-0.1, -0.05) is 0 Å². The van der Waals surface area contributed by atoms with Crippen molar-refractivity contribution < 1.29 is 9.47 Å². The number of nitrogen functional groups attached to an aromatic ring is 1. The van der Waals surface area contributed by atoms with Crippen LogP contribution in [0, 0.1) is 5.92 Å². The number of ether oxygens (including phenoxy) is 2. The van der Waals surface area contributed by atoms with Gasteiger partial charge in [0.2, 0.25) is 5.65 Å². The molecule has 96 valence electrons. The van der Waals surface area contributed by atoms with E-state index in [1.54, 1.807) is 12.4 Å². The van der Waals surface area contributed by atoms with Gasteiger partial charge in [-0.25, -0.2) is 4.98 Å². The largest absolute Gasteiger partial charge is 0.475 e. The summed E-state index contributed by atoms with van der Waals surface area (Å²) in [5.41, 5.74) is 6.44. The van der Waals surface area contributed by atoms with Crippen molar-refractivity contribution in [1.82, 2.24) is 14.4 Å². The molecule has 0 aliphatic carbocycles. The third-order valence-electron chi connectivity index (χ3n) is 3.16. The average molecular weight is 248 g/mol. The van der Waals surface area contributed by atoms with Crippen molar-refractivity contribution in [2.45, 2.75) is 12.8 Å². The molecule has 18 heavy (non-hydrogen) atoms. The first-order chi connectivity index (χ1) is 8.83. The lowest BCUT2D eigenvalue weighted by Gasteiger charge is -2.21. The topological polar surface area (TPSA) is 74.7 Å². The maximum absolute atomic E-state index is 5.77. The maximum atomic E-state index is 5.77. The third-order valence-corrected chi connectivity index (χ3v) is 3.16. The minimum absolute atomic E-state index is 0.433. The minimum Gasteiger partial charge on any atom is -0.475 e. The van der Waals surface area contributed by atoms with Gasteiger partial charge in [-0.15, -0.1) is 0 Å².